The van der Waals surface area contributed by atoms with E-state index < -0.39 is 5.91 Å². The Morgan fingerprint density at radius 1 is 1.04 bits per heavy atom. The van der Waals surface area contributed by atoms with E-state index in [1.54, 1.807) is 12.1 Å². The number of thiocarbonyl (C=S) groups is 1. The second kappa shape index (κ2) is 9.88. The van der Waals surface area contributed by atoms with E-state index in [0.717, 1.165) is 15.6 Å². The van der Waals surface area contributed by atoms with Gasteiger partial charge in [0, 0.05) is 4.47 Å². The van der Waals surface area contributed by atoms with Gasteiger partial charge in [0.05, 0.1) is 6.42 Å². The molecule has 2 amide bonds. The predicted octanol–water partition coefficient (Wildman–Crippen LogP) is 2.40. The zero-order valence-electron chi connectivity index (χ0n) is 14.0. The van der Waals surface area contributed by atoms with Crippen LogP contribution in [0.1, 0.15) is 11.1 Å². The lowest BCUT2D eigenvalue weighted by Gasteiger charge is -2.12. The lowest BCUT2D eigenvalue weighted by atomic mass is 10.1. The summed E-state index contributed by atoms with van der Waals surface area (Å²) in [6, 6.07) is 14.7. The Morgan fingerprint density at radius 3 is 2.42 bits per heavy atom. The topological polar surface area (TPSA) is 79.5 Å². The van der Waals surface area contributed by atoms with Crippen molar-refractivity contribution in [1.82, 2.24) is 16.2 Å². The normalized spacial score (nSPS) is 9.92. The Hall–Kier alpha value is -2.45. The number of hydrogen-bond donors (Lipinski definition) is 3. The Morgan fingerprint density at radius 2 is 1.73 bits per heavy atom. The third kappa shape index (κ3) is 6.81. The highest BCUT2D eigenvalue weighted by Gasteiger charge is 2.09. The molecule has 0 fully saturated rings. The molecule has 0 bridgehead atoms. The first-order valence-corrected chi connectivity index (χ1v) is 8.95. The molecule has 0 aliphatic heterocycles. The van der Waals surface area contributed by atoms with Crippen LogP contribution in [0.4, 0.5) is 0 Å². The van der Waals surface area contributed by atoms with Crippen molar-refractivity contribution in [2.24, 2.45) is 0 Å². The van der Waals surface area contributed by atoms with Crippen LogP contribution in [0.5, 0.6) is 5.75 Å². The second-order valence-corrected chi connectivity index (χ2v) is 6.72. The van der Waals surface area contributed by atoms with Crippen molar-refractivity contribution in [3.05, 3.63) is 64.1 Å². The summed E-state index contributed by atoms with van der Waals surface area (Å²) in [6.45, 7) is 1.75. The average molecular weight is 436 g/mol. The summed E-state index contributed by atoms with van der Waals surface area (Å²) in [4.78, 5) is 23.7. The fourth-order valence-electron chi connectivity index (χ4n) is 2.03. The van der Waals surface area contributed by atoms with Gasteiger partial charge in [-0.05, 0) is 54.5 Å². The Labute approximate surface area is 165 Å². The number of benzene rings is 2. The van der Waals surface area contributed by atoms with E-state index >= 15 is 0 Å². The standard InChI is InChI=1S/C18H18BrN3O3S/c1-12-4-2-3-5-13(12)10-16(23)20-18(26)22-21-17(24)11-25-15-8-6-14(19)7-9-15/h2-9H,10-11H2,1H3,(H,21,24)(H2,20,22,23,26). The van der Waals surface area contributed by atoms with E-state index in [1.165, 1.54) is 0 Å². The molecule has 2 rings (SSSR count). The van der Waals surface area contributed by atoms with Crippen molar-refractivity contribution in [3.8, 4) is 5.75 Å². The highest BCUT2D eigenvalue weighted by Crippen LogP contribution is 2.15. The molecule has 8 heteroatoms. The van der Waals surface area contributed by atoms with Gasteiger partial charge in [-0.2, -0.15) is 0 Å². The monoisotopic (exact) mass is 435 g/mol. The maximum atomic E-state index is 12.0. The highest BCUT2D eigenvalue weighted by atomic mass is 79.9. The van der Waals surface area contributed by atoms with Crippen molar-refractivity contribution in [2.45, 2.75) is 13.3 Å². The number of hydrazine groups is 1. The fraction of sp³-hybridized carbons (Fsp3) is 0.167. The zero-order chi connectivity index (χ0) is 18.9. The zero-order valence-corrected chi connectivity index (χ0v) is 16.4. The lowest BCUT2D eigenvalue weighted by molar-refractivity contribution is -0.124. The molecule has 3 N–H and O–H groups in total. The second-order valence-electron chi connectivity index (χ2n) is 5.40. The van der Waals surface area contributed by atoms with E-state index in [-0.39, 0.29) is 24.0 Å². The molecule has 0 aliphatic rings. The molecule has 0 atom stereocenters. The first-order chi connectivity index (χ1) is 12.4. The van der Waals surface area contributed by atoms with E-state index in [2.05, 4.69) is 32.1 Å². The summed E-state index contributed by atoms with van der Waals surface area (Å²) in [5.74, 6) is -0.127. The number of halogens is 1. The number of ether oxygens (including phenoxy) is 1. The summed E-state index contributed by atoms with van der Waals surface area (Å²) < 4.78 is 6.24. The Balaban J connectivity index is 1.69. The Bertz CT molecular complexity index is 797. The molecule has 0 saturated carbocycles. The molecule has 136 valence electrons. The van der Waals surface area contributed by atoms with E-state index in [4.69, 9.17) is 17.0 Å². The number of aryl methyl sites for hydroxylation is 1. The van der Waals surface area contributed by atoms with Crippen LogP contribution in [0.25, 0.3) is 0 Å². The molecule has 2 aromatic rings. The van der Waals surface area contributed by atoms with Crippen LogP contribution in [-0.2, 0) is 16.0 Å². The van der Waals surface area contributed by atoms with Crippen molar-refractivity contribution in [1.29, 1.82) is 0 Å². The largest absolute Gasteiger partial charge is 0.484 e. The summed E-state index contributed by atoms with van der Waals surface area (Å²) >= 11 is 8.30. The van der Waals surface area contributed by atoms with Gasteiger partial charge in [-0.1, -0.05) is 40.2 Å². The highest BCUT2D eigenvalue weighted by molar-refractivity contribution is 9.10. The SMILES string of the molecule is Cc1ccccc1CC(=O)NC(=S)NNC(=O)COc1ccc(Br)cc1. The molecule has 2 aromatic carbocycles. The molecular weight excluding hydrogens is 418 g/mol. The molecule has 0 heterocycles. The van der Waals surface area contributed by atoms with E-state index in [1.807, 2.05) is 43.3 Å². The molecule has 6 nitrogen and oxygen atoms in total. The lowest BCUT2D eigenvalue weighted by Crippen LogP contribution is -2.50. The van der Waals surface area contributed by atoms with Crippen molar-refractivity contribution in [2.75, 3.05) is 6.61 Å². The van der Waals surface area contributed by atoms with Gasteiger partial charge in [-0.25, -0.2) is 0 Å². The number of rotatable bonds is 5. The summed E-state index contributed by atoms with van der Waals surface area (Å²) in [5, 5.41) is 2.53. The molecule has 0 aliphatic carbocycles. The van der Waals surface area contributed by atoms with Gasteiger partial charge in [-0.3, -0.25) is 20.4 Å². The Kier molecular flexibility index (Phi) is 7.55. The first-order valence-electron chi connectivity index (χ1n) is 7.75. The number of hydrogen-bond acceptors (Lipinski definition) is 4. The molecule has 0 spiro atoms. The number of carbonyl (C=O) groups excluding carboxylic acids is 2. The molecule has 0 saturated heterocycles. The third-order valence-electron chi connectivity index (χ3n) is 3.36. The number of nitrogens with one attached hydrogen (secondary N) is 3. The van der Waals surface area contributed by atoms with Crippen LogP contribution in [0.15, 0.2) is 53.0 Å². The van der Waals surface area contributed by atoms with Gasteiger partial charge < -0.3 is 10.1 Å². The minimum Gasteiger partial charge on any atom is -0.484 e. The smallest absolute Gasteiger partial charge is 0.276 e. The van der Waals surface area contributed by atoms with Crippen LogP contribution in [-0.4, -0.2) is 23.5 Å². The minimum atomic E-state index is -0.427. The molecular formula is C18H18BrN3O3S. The summed E-state index contributed by atoms with van der Waals surface area (Å²) in [7, 11) is 0. The number of carbonyl (C=O) groups is 2. The summed E-state index contributed by atoms with van der Waals surface area (Å²) in [5.41, 5.74) is 6.78. The van der Waals surface area contributed by atoms with Crippen LogP contribution in [0.3, 0.4) is 0 Å². The molecule has 26 heavy (non-hydrogen) atoms. The summed E-state index contributed by atoms with van der Waals surface area (Å²) in [6.07, 6.45) is 0.203. The van der Waals surface area contributed by atoms with Gasteiger partial charge in [0.25, 0.3) is 5.91 Å². The van der Waals surface area contributed by atoms with E-state index in [0.29, 0.717) is 5.75 Å². The molecule has 0 unspecified atom stereocenters. The number of amides is 2. The molecule has 0 radical (unpaired) electrons. The fourth-order valence-corrected chi connectivity index (χ4v) is 2.45. The van der Waals surface area contributed by atoms with E-state index in [9.17, 15) is 9.59 Å². The predicted molar refractivity (Wildman–Crippen MR) is 107 cm³/mol. The maximum Gasteiger partial charge on any atom is 0.276 e. The van der Waals surface area contributed by atoms with Crippen molar-refractivity contribution < 1.29 is 14.3 Å². The maximum absolute atomic E-state index is 12.0. The van der Waals surface area contributed by atoms with Crippen molar-refractivity contribution >= 4 is 45.1 Å². The van der Waals surface area contributed by atoms with Gasteiger partial charge >= 0.3 is 0 Å². The van der Waals surface area contributed by atoms with Crippen molar-refractivity contribution in [3.63, 3.8) is 0 Å². The molecule has 0 aromatic heterocycles. The first kappa shape index (κ1) is 19.9. The average Bonchev–Trinajstić information content (AvgIpc) is 2.61. The van der Waals surface area contributed by atoms with Crippen LogP contribution in [0.2, 0.25) is 0 Å². The van der Waals surface area contributed by atoms with Gasteiger partial charge in [0.2, 0.25) is 5.91 Å². The van der Waals surface area contributed by atoms with Gasteiger partial charge in [0.15, 0.2) is 11.7 Å². The van der Waals surface area contributed by atoms with Gasteiger partial charge in [-0.15, -0.1) is 0 Å². The van der Waals surface area contributed by atoms with Crippen LogP contribution >= 0.6 is 28.1 Å². The minimum absolute atomic E-state index is 0.0144. The quantitative estimate of drug-likeness (QED) is 0.496. The van der Waals surface area contributed by atoms with Crippen LogP contribution < -0.4 is 20.9 Å². The van der Waals surface area contributed by atoms with Crippen LogP contribution in [0, 0.1) is 6.92 Å². The third-order valence-corrected chi connectivity index (χ3v) is 4.10. The van der Waals surface area contributed by atoms with Gasteiger partial charge in [0.1, 0.15) is 5.75 Å².